The molecule has 3 N–H and O–H groups in total. The maximum atomic E-state index is 11.3. The molecule has 7 nitrogen and oxygen atoms in total. The first-order chi connectivity index (χ1) is 8.89. The Morgan fingerprint density at radius 1 is 0.920 bits per heavy atom. The average molecular weight is 375 g/mol. The van der Waals surface area contributed by atoms with Crippen molar-refractivity contribution in [2.75, 3.05) is 26.4 Å². The molecular formula is C18H46O7. The van der Waals surface area contributed by atoms with E-state index in [1.807, 2.05) is 0 Å². The van der Waals surface area contributed by atoms with Crippen LogP contribution in [-0.4, -0.2) is 59.8 Å². The van der Waals surface area contributed by atoms with E-state index in [1.54, 1.807) is 6.92 Å². The van der Waals surface area contributed by atoms with Crippen molar-refractivity contribution in [3.8, 4) is 0 Å². The number of carbonyl (C=O) groups excluding carboxylic acids is 2. The Labute approximate surface area is 156 Å². The van der Waals surface area contributed by atoms with Gasteiger partial charge in [-0.3, -0.25) is 9.59 Å². The van der Waals surface area contributed by atoms with Gasteiger partial charge in [0.2, 0.25) is 0 Å². The maximum Gasteiger partial charge on any atom is 0.317 e. The number of aliphatic hydroxyl groups is 3. The molecular weight excluding hydrogens is 328 g/mol. The van der Waals surface area contributed by atoms with Gasteiger partial charge in [-0.05, 0) is 13.3 Å². The van der Waals surface area contributed by atoms with Crippen LogP contribution in [0.5, 0.6) is 0 Å². The van der Waals surface area contributed by atoms with E-state index >= 15 is 0 Å². The van der Waals surface area contributed by atoms with E-state index < -0.39 is 29.9 Å². The van der Waals surface area contributed by atoms with Crippen LogP contribution in [-0.2, 0) is 19.1 Å². The number of rotatable bonds is 9. The van der Waals surface area contributed by atoms with Crippen molar-refractivity contribution in [1.82, 2.24) is 0 Å². The summed E-state index contributed by atoms with van der Waals surface area (Å²) in [6.45, 7) is 2.21. The topological polar surface area (TPSA) is 113 Å². The summed E-state index contributed by atoms with van der Waals surface area (Å²) in [5.41, 5.74) is -0.890. The summed E-state index contributed by atoms with van der Waals surface area (Å²) in [6, 6.07) is 0. The van der Waals surface area contributed by atoms with E-state index in [1.165, 1.54) is 6.92 Å². The van der Waals surface area contributed by atoms with Crippen LogP contribution in [0.15, 0.2) is 0 Å². The van der Waals surface area contributed by atoms with Crippen molar-refractivity contribution in [2.24, 2.45) is 5.41 Å². The monoisotopic (exact) mass is 374 g/mol. The molecule has 0 bridgehead atoms. The first-order valence-electron chi connectivity index (χ1n) is 6.10. The lowest BCUT2D eigenvalue weighted by molar-refractivity contribution is -0.159. The first kappa shape index (κ1) is 43.8. The average Bonchev–Trinajstić information content (AvgIpc) is 2.38. The molecule has 0 aliphatic carbocycles. The molecule has 0 amide bonds. The van der Waals surface area contributed by atoms with E-state index in [2.05, 4.69) is 4.74 Å². The van der Waals surface area contributed by atoms with E-state index in [0.717, 1.165) is 0 Å². The summed E-state index contributed by atoms with van der Waals surface area (Å²) >= 11 is 0. The number of esters is 2. The van der Waals surface area contributed by atoms with Crippen LogP contribution in [0.2, 0.25) is 0 Å². The molecule has 1 unspecified atom stereocenters. The molecule has 0 aromatic heterocycles. The summed E-state index contributed by atoms with van der Waals surface area (Å²) in [4.78, 5) is 22.5. The molecule has 0 rings (SSSR count). The third-order valence-electron chi connectivity index (χ3n) is 2.73. The van der Waals surface area contributed by atoms with Gasteiger partial charge < -0.3 is 24.8 Å². The van der Waals surface area contributed by atoms with E-state index in [9.17, 15) is 9.59 Å². The third-order valence-corrected chi connectivity index (χ3v) is 2.73. The van der Waals surface area contributed by atoms with Crippen LogP contribution in [0.4, 0.5) is 0 Å². The number of hydrogen-bond donors (Lipinski definition) is 3. The molecule has 25 heavy (non-hydrogen) atoms. The smallest absolute Gasteiger partial charge is 0.317 e. The van der Waals surface area contributed by atoms with Gasteiger partial charge >= 0.3 is 11.9 Å². The zero-order chi connectivity index (χ0) is 14.9. The molecule has 0 radical (unpaired) electrons. The van der Waals surface area contributed by atoms with Crippen molar-refractivity contribution >= 4 is 11.9 Å². The Hall–Kier alpha value is -1.18. The fourth-order valence-electron chi connectivity index (χ4n) is 1.13. The van der Waals surface area contributed by atoms with E-state index in [-0.39, 0.29) is 71.0 Å². The summed E-state index contributed by atoms with van der Waals surface area (Å²) in [6.07, 6.45) is -0.931. The highest BCUT2D eigenvalue weighted by molar-refractivity contribution is 5.91. The molecule has 7 heteroatoms. The van der Waals surface area contributed by atoms with Crippen LogP contribution >= 0.6 is 0 Å². The van der Waals surface area contributed by atoms with Gasteiger partial charge in [0.05, 0.1) is 24.7 Å². The highest BCUT2D eigenvalue weighted by Crippen LogP contribution is 2.20. The van der Waals surface area contributed by atoms with Gasteiger partial charge in [-0.1, -0.05) is 51.5 Å². The second kappa shape index (κ2) is 22.8. The highest BCUT2D eigenvalue weighted by Gasteiger charge is 2.29. The number of aliphatic hydroxyl groups excluding tert-OH is 3. The molecule has 0 aliphatic heterocycles. The molecule has 0 heterocycles. The van der Waals surface area contributed by atoms with Gasteiger partial charge in [-0.25, -0.2) is 0 Å². The zero-order valence-electron chi connectivity index (χ0n) is 11.3. The van der Waals surface area contributed by atoms with Crippen molar-refractivity contribution in [2.45, 2.75) is 77.4 Å². The Morgan fingerprint density at radius 3 is 1.64 bits per heavy atom. The third kappa shape index (κ3) is 19.0. The molecule has 1 atom stereocenters. The molecule has 0 aromatic carbocycles. The van der Waals surface area contributed by atoms with Gasteiger partial charge in [-0.2, -0.15) is 0 Å². The van der Waals surface area contributed by atoms with E-state index in [0.29, 0.717) is 6.42 Å². The normalized spacial score (nSPS) is 9.80. The van der Waals surface area contributed by atoms with Crippen LogP contribution in [0.1, 0.15) is 71.2 Å². The lowest BCUT2D eigenvalue weighted by Gasteiger charge is -2.27. The van der Waals surface area contributed by atoms with Crippen molar-refractivity contribution in [3.63, 3.8) is 0 Å². The zero-order valence-corrected chi connectivity index (χ0v) is 11.3. The van der Waals surface area contributed by atoms with Gasteiger partial charge in [0.1, 0.15) is 19.6 Å². The summed E-state index contributed by atoms with van der Waals surface area (Å²) < 4.78 is 9.43. The molecule has 0 saturated heterocycles. The fourth-order valence-corrected chi connectivity index (χ4v) is 1.13. The second-order valence-electron chi connectivity index (χ2n) is 4.54. The Morgan fingerprint density at radius 2 is 1.32 bits per heavy atom. The fraction of sp³-hybridized carbons (Fsp3) is 0.889. The number of ether oxygens (including phenoxy) is 2. The summed E-state index contributed by atoms with van der Waals surface area (Å²) in [7, 11) is 0. The SMILES string of the molecule is C.C.C.C.C.C.CCC(CO)(CO)COC(=O)CC(=O)OCC(C)O. The van der Waals surface area contributed by atoms with Gasteiger partial charge in [0, 0.05) is 0 Å². The summed E-state index contributed by atoms with van der Waals surface area (Å²) in [5, 5.41) is 27.2. The second-order valence-corrected chi connectivity index (χ2v) is 4.54. The van der Waals surface area contributed by atoms with Crippen LogP contribution in [0, 0.1) is 5.41 Å². The molecule has 0 aromatic rings. The standard InChI is InChI=1S/C12H22O7.6CH4/c1-3-12(6-13,7-14)8-19-11(17)4-10(16)18-5-9(2)15;;;;;;/h9,13-15H,3-8H2,1-2H3;6*1H4. The Kier molecular flexibility index (Phi) is 40.0. The highest BCUT2D eigenvalue weighted by atomic mass is 16.6. The lowest BCUT2D eigenvalue weighted by Crippen LogP contribution is -2.35. The van der Waals surface area contributed by atoms with Crippen molar-refractivity contribution in [3.05, 3.63) is 0 Å². The minimum absolute atomic E-state index is 0. The molecule has 0 aliphatic rings. The first-order valence-corrected chi connectivity index (χ1v) is 6.10. The van der Waals surface area contributed by atoms with Gasteiger partial charge in [-0.15, -0.1) is 0 Å². The van der Waals surface area contributed by atoms with Crippen molar-refractivity contribution in [1.29, 1.82) is 0 Å². The predicted molar refractivity (Wildman–Crippen MR) is 105 cm³/mol. The Balaban J connectivity index is -0.000000108. The molecule has 0 saturated carbocycles. The van der Waals surface area contributed by atoms with Gasteiger partial charge in [0.15, 0.2) is 0 Å². The minimum atomic E-state index is -0.890. The number of hydrogen-bond acceptors (Lipinski definition) is 7. The van der Waals surface area contributed by atoms with Crippen LogP contribution in [0.3, 0.4) is 0 Å². The minimum Gasteiger partial charge on any atom is -0.464 e. The molecule has 0 fully saturated rings. The van der Waals surface area contributed by atoms with Crippen molar-refractivity contribution < 1.29 is 34.4 Å². The number of carbonyl (C=O) groups is 2. The quantitative estimate of drug-likeness (QED) is 0.420. The molecule has 0 spiro atoms. The maximum absolute atomic E-state index is 11.3. The summed E-state index contributed by atoms with van der Waals surface area (Å²) in [5.74, 6) is -1.59. The van der Waals surface area contributed by atoms with E-state index in [4.69, 9.17) is 20.1 Å². The lowest BCUT2D eigenvalue weighted by atomic mass is 9.88. The largest absolute Gasteiger partial charge is 0.464 e. The van der Waals surface area contributed by atoms with Crippen LogP contribution < -0.4 is 0 Å². The predicted octanol–water partition coefficient (Wildman–Crippen LogP) is 3.04. The Bertz CT molecular complexity index is 279. The van der Waals surface area contributed by atoms with Gasteiger partial charge in [0.25, 0.3) is 0 Å². The van der Waals surface area contributed by atoms with Crippen LogP contribution in [0.25, 0.3) is 0 Å². The molecule has 160 valence electrons.